The first-order chi connectivity index (χ1) is 14.0. The average molecular weight is 382 g/mol. The monoisotopic (exact) mass is 382 g/mol. The van der Waals surface area contributed by atoms with Crippen LogP contribution in [0.1, 0.15) is 16.7 Å². The Hall–Kier alpha value is -3.99. The van der Waals surface area contributed by atoms with E-state index in [1.165, 1.54) is 12.1 Å². The van der Waals surface area contributed by atoms with Gasteiger partial charge in [-0.15, -0.1) is 0 Å². The van der Waals surface area contributed by atoms with Crippen molar-refractivity contribution in [3.63, 3.8) is 0 Å². The predicted octanol–water partition coefficient (Wildman–Crippen LogP) is 5.37. The smallest absolute Gasteiger partial charge is 0.269 e. The van der Waals surface area contributed by atoms with Crippen LogP contribution in [0, 0.1) is 17.0 Å². The van der Waals surface area contributed by atoms with E-state index in [2.05, 4.69) is 0 Å². The topological polar surface area (TPSA) is 63.5 Å². The summed E-state index contributed by atoms with van der Waals surface area (Å²) < 4.78 is 0. The first kappa shape index (κ1) is 18.4. The largest absolute Gasteiger partial charge is 0.276 e. The number of non-ortho nitro benzene ring substituents is 1. The average Bonchev–Trinajstić information content (AvgIpc) is 3.05. The van der Waals surface area contributed by atoms with Gasteiger partial charge in [0.05, 0.1) is 16.3 Å². The standard InChI is InChI=1S/C24H18N2O3/c1-17-7-5-6-10-22(17)25-23(19-8-3-2-4-9-19)16-20(24(25)27)15-18-11-13-21(14-12-18)26(28)29/h2-16H,1H3. The highest BCUT2D eigenvalue weighted by atomic mass is 16.6. The molecule has 0 saturated carbocycles. The summed E-state index contributed by atoms with van der Waals surface area (Å²) in [5.74, 6) is -0.128. The van der Waals surface area contributed by atoms with Gasteiger partial charge in [-0.3, -0.25) is 19.8 Å². The maximum Gasteiger partial charge on any atom is 0.269 e. The minimum atomic E-state index is -0.440. The Bertz CT molecular complexity index is 1150. The Morgan fingerprint density at radius 1 is 0.897 bits per heavy atom. The fourth-order valence-electron chi connectivity index (χ4n) is 3.36. The van der Waals surface area contributed by atoms with E-state index in [-0.39, 0.29) is 11.6 Å². The fourth-order valence-corrected chi connectivity index (χ4v) is 3.36. The van der Waals surface area contributed by atoms with Gasteiger partial charge < -0.3 is 0 Å². The van der Waals surface area contributed by atoms with E-state index in [9.17, 15) is 14.9 Å². The van der Waals surface area contributed by atoms with Crippen LogP contribution in [0.15, 0.2) is 90.5 Å². The van der Waals surface area contributed by atoms with E-state index in [0.29, 0.717) is 5.57 Å². The molecule has 0 N–H and O–H groups in total. The van der Waals surface area contributed by atoms with Crippen molar-refractivity contribution in [3.8, 4) is 0 Å². The number of nitrogens with zero attached hydrogens (tertiary/aromatic N) is 2. The SMILES string of the molecule is Cc1ccccc1N1C(=O)C(=Cc2ccc([N+](=O)[O-])cc2)C=C1c1ccccc1. The first-order valence-electron chi connectivity index (χ1n) is 9.18. The molecule has 0 aliphatic carbocycles. The molecule has 5 nitrogen and oxygen atoms in total. The number of aryl methyl sites for hydroxylation is 1. The summed E-state index contributed by atoms with van der Waals surface area (Å²) in [6.07, 6.45) is 3.62. The Morgan fingerprint density at radius 2 is 1.55 bits per heavy atom. The molecule has 4 rings (SSSR count). The molecule has 29 heavy (non-hydrogen) atoms. The number of rotatable bonds is 4. The molecule has 0 unspecified atom stereocenters. The summed E-state index contributed by atoms with van der Waals surface area (Å²) in [6, 6.07) is 23.7. The van der Waals surface area contributed by atoms with Crippen LogP contribution in [0.4, 0.5) is 11.4 Å². The number of anilines is 1. The number of nitro groups is 1. The molecule has 0 bridgehead atoms. The Labute approximate surface area is 168 Å². The number of hydrogen-bond donors (Lipinski definition) is 0. The van der Waals surface area contributed by atoms with E-state index in [1.807, 2.05) is 67.6 Å². The van der Waals surface area contributed by atoms with Gasteiger partial charge in [0.1, 0.15) is 0 Å². The lowest BCUT2D eigenvalue weighted by molar-refractivity contribution is -0.384. The highest BCUT2D eigenvalue weighted by molar-refractivity contribution is 6.23. The normalized spacial score (nSPS) is 14.9. The quantitative estimate of drug-likeness (QED) is 0.346. The molecule has 3 aromatic rings. The molecular formula is C24H18N2O3. The third kappa shape index (κ3) is 3.58. The molecule has 0 aromatic heterocycles. The number of nitro benzene ring substituents is 1. The lowest BCUT2D eigenvalue weighted by Crippen LogP contribution is -2.25. The van der Waals surface area contributed by atoms with Gasteiger partial charge in [-0.25, -0.2) is 0 Å². The predicted molar refractivity (Wildman–Crippen MR) is 114 cm³/mol. The van der Waals surface area contributed by atoms with E-state index >= 15 is 0 Å². The van der Waals surface area contributed by atoms with Crippen LogP contribution in [0.5, 0.6) is 0 Å². The number of carbonyl (C=O) groups is 1. The fraction of sp³-hybridized carbons (Fsp3) is 0.0417. The third-order valence-electron chi connectivity index (χ3n) is 4.84. The minimum Gasteiger partial charge on any atom is -0.276 e. The number of carbonyl (C=O) groups excluding carboxylic acids is 1. The summed E-state index contributed by atoms with van der Waals surface area (Å²) in [5.41, 5.74) is 4.86. The van der Waals surface area contributed by atoms with Gasteiger partial charge in [-0.1, -0.05) is 48.5 Å². The van der Waals surface area contributed by atoms with E-state index in [4.69, 9.17) is 0 Å². The van der Waals surface area contributed by atoms with Gasteiger partial charge in [0.25, 0.3) is 11.6 Å². The van der Waals surface area contributed by atoms with Crippen molar-refractivity contribution < 1.29 is 9.72 Å². The molecule has 3 aromatic carbocycles. The number of benzene rings is 3. The maximum absolute atomic E-state index is 13.3. The van der Waals surface area contributed by atoms with Crippen LogP contribution < -0.4 is 4.90 Å². The highest BCUT2D eigenvalue weighted by Gasteiger charge is 2.31. The number of amides is 1. The Kier molecular flexibility index (Phi) is 4.79. The Balaban J connectivity index is 1.80. The summed E-state index contributed by atoms with van der Waals surface area (Å²) in [4.78, 5) is 25.5. The minimum absolute atomic E-state index is 0.0203. The van der Waals surface area contributed by atoms with Crippen LogP contribution in [0.3, 0.4) is 0 Å². The summed E-state index contributed by atoms with van der Waals surface area (Å²) in [5, 5.41) is 10.9. The van der Waals surface area contributed by atoms with Crippen molar-refractivity contribution in [1.29, 1.82) is 0 Å². The summed E-state index contributed by atoms with van der Waals surface area (Å²) >= 11 is 0. The molecule has 5 heteroatoms. The van der Waals surface area contributed by atoms with Gasteiger partial charge in [-0.2, -0.15) is 0 Å². The third-order valence-corrected chi connectivity index (χ3v) is 4.84. The van der Waals surface area contributed by atoms with Crippen LogP contribution in [-0.2, 0) is 4.79 Å². The van der Waals surface area contributed by atoms with Crippen LogP contribution >= 0.6 is 0 Å². The van der Waals surface area contributed by atoms with Crippen molar-refractivity contribution >= 4 is 29.1 Å². The van der Waals surface area contributed by atoms with Crippen molar-refractivity contribution in [1.82, 2.24) is 0 Å². The van der Waals surface area contributed by atoms with Gasteiger partial charge in [0.2, 0.25) is 0 Å². The van der Waals surface area contributed by atoms with Crippen LogP contribution in [-0.4, -0.2) is 10.8 Å². The molecule has 1 aliphatic rings. The summed E-state index contributed by atoms with van der Waals surface area (Å²) in [6.45, 7) is 1.98. The van der Waals surface area contributed by atoms with E-state index in [1.54, 1.807) is 23.1 Å². The zero-order valence-corrected chi connectivity index (χ0v) is 15.8. The van der Waals surface area contributed by atoms with E-state index < -0.39 is 4.92 Å². The zero-order chi connectivity index (χ0) is 20.4. The molecule has 142 valence electrons. The van der Waals surface area contributed by atoms with Gasteiger partial charge >= 0.3 is 0 Å². The molecule has 0 saturated heterocycles. The second-order valence-corrected chi connectivity index (χ2v) is 6.77. The lowest BCUT2D eigenvalue weighted by Gasteiger charge is -2.22. The van der Waals surface area contributed by atoms with Crippen molar-refractivity contribution in [2.45, 2.75) is 6.92 Å². The van der Waals surface area contributed by atoms with Gasteiger partial charge in [-0.05, 0) is 54.0 Å². The van der Waals surface area contributed by atoms with Crippen LogP contribution in [0.2, 0.25) is 0 Å². The van der Waals surface area contributed by atoms with Crippen molar-refractivity contribution in [3.05, 3.63) is 117 Å². The molecule has 1 heterocycles. The first-order valence-corrected chi connectivity index (χ1v) is 9.18. The van der Waals surface area contributed by atoms with Crippen molar-refractivity contribution in [2.24, 2.45) is 0 Å². The zero-order valence-electron chi connectivity index (χ0n) is 15.8. The van der Waals surface area contributed by atoms with Crippen LogP contribution in [0.25, 0.3) is 11.8 Å². The van der Waals surface area contributed by atoms with Crippen molar-refractivity contribution in [2.75, 3.05) is 4.90 Å². The van der Waals surface area contributed by atoms with Gasteiger partial charge in [0, 0.05) is 17.7 Å². The molecule has 0 radical (unpaired) electrons. The Morgan fingerprint density at radius 3 is 2.21 bits per heavy atom. The molecule has 1 amide bonds. The molecule has 1 aliphatic heterocycles. The molecule has 0 spiro atoms. The maximum atomic E-state index is 13.3. The summed E-state index contributed by atoms with van der Waals surface area (Å²) in [7, 11) is 0. The molecule has 0 fully saturated rings. The lowest BCUT2D eigenvalue weighted by atomic mass is 10.1. The number of para-hydroxylation sites is 1. The van der Waals surface area contributed by atoms with Gasteiger partial charge in [0.15, 0.2) is 0 Å². The molecular weight excluding hydrogens is 364 g/mol. The molecule has 0 atom stereocenters. The van der Waals surface area contributed by atoms with E-state index in [0.717, 1.165) is 28.1 Å². The second-order valence-electron chi connectivity index (χ2n) is 6.77. The number of hydrogen-bond acceptors (Lipinski definition) is 3. The second kappa shape index (κ2) is 7.56. The highest BCUT2D eigenvalue weighted by Crippen LogP contribution is 2.36.